The molecule has 202 valence electrons. The number of H-pyrrole nitrogens is 1. The predicted octanol–water partition coefficient (Wildman–Crippen LogP) is 3.72. The third-order valence-corrected chi connectivity index (χ3v) is 7.26. The number of pyridine rings is 1. The van der Waals surface area contributed by atoms with E-state index in [1.54, 1.807) is 19.3 Å². The van der Waals surface area contributed by atoms with Crippen molar-refractivity contribution in [3.05, 3.63) is 57.9 Å². The van der Waals surface area contributed by atoms with E-state index < -0.39 is 11.7 Å². The van der Waals surface area contributed by atoms with Crippen molar-refractivity contribution in [2.75, 3.05) is 23.3 Å². The fourth-order valence-electron chi connectivity index (χ4n) is 5.05. The molecule has 3 N–H and O–H groups in total. The number of hydrogen-bond acceptors (Lipinski definition) is 6. The molecule has 0 unspecified atom stereocenters. The summed E-state index contributed by atoms with van der Waals surface area (Å²) >= 11 is 0. The number of alkyl halides is 3. The van der Waals surface area contributed by atoms with Crippen molar-refractivity contribution in [1.29, 1.82) is 0 Å². The number of amides is 1. The van der Waals surface area contributed by atoms with Crippen molar-refractivity contribution < 1.29 is 18.0 Å². The van der Waals surface area contributed by atoms with Crippen LogP contribution in [-0.4, -0.2) is 50.1 Å². The fraction of sp³-hybridized carbons (Fsp3) is 0.462. The van der Waals surface area contributed by atoms with Gasteiger partial charge in [-0.3, -0.25) is 9.59 Å². The lowest BCUT2D eigenvalue weighted by molar-refractivity contribution is -0.137. The maximum atomic E-state index is 14.0. The second-order valence-corrected chi connectivity index (χ2v) is 10.6. The second-order valence-electron chi connectivity index (χ2n) is 10.6. The lowest BCUT2D eigenvalue weighted by Gasteiger charge is -2.36. The van der Waals surface area contributed by atoms with Gasteiger partial charge in [0.05, 0.1) is 11.4 Å². The average molecular weight is 530 g/mol. The van der Waals surface area contributed by atoms with Crippen LogP contribution in [0.4, 0.5) is 24.8 Å². The fourth-order valence-corrected chi connectivity index (χ4v) is 5.05. The van der Waals surface area contributed by atoms with Crippen LogP contribution in [-0.2, 0) is 19.6 Å². The molecule has 5 rings (SSSR count). The zero-order valence-corrected chi connectivity index (χ0v) is 21.4. The highest BCUT2D eigenvalue weighted by Gasteiger charge is 2.38. The zero-order valence-electron chi connectivity index (χ0n) is 21.4. The Hall–Kier alpha value is -3.67. The van der Waals surface area contributed by atoms with Crippen LogP contribution >= 0.6 is 0 Å². The van der Waals surface area contributed by atoms with Gasteiger partial charge >= 0.3 is 6.18 Å². The Kier molecular flexibility index (Phi) is 6.54. The number of hydrogen-bond donors (Lipinski definition) is 3. The lowest BCUT2D eigenvalue weighted by atomic mass is 9.91. The highest BCUT2D eigenvalue weighted by atomic mass is 19.4. The van der Waals surface area contributed by atoms with Crippen LogP contribution in [0.5, 0.6) is 0 Å². The molecule has 9 nitrogen and oxygen atoms in total. The SMILES string of the molecule is Cn1cc(N2CCCc3c(-c4nc(N[C@H]5CCC(C)(C)NC5)ncc4C(F)(F)F)c[nH]c3C2=O)ccc1=O. The van der Waals surface area contributed by atoms with E-state index in [-0.39, 0.29) is 45.9 Å². The average Bonchev–Trinajstić information content (AvgIpc) is 3.20. The normalized spacial score (nSPS) is 19.7. The minimum Gasteiger partial charge on any atom is -0.356 e. The summed E-state index contributed by atoms with van der Waals surface area (Å²) in [5.41, 5.74) is 0.0387. The molecular weight excluding hydrogens is 499 g/mol. The van der Waals surface area contributed by atoms with E-state index in [2.05, 4.69) is 39.4 Å². The van der Waals surface area contributed by atoms with Gasteiger partial charge in [-0.05, 0) is 51.2 Å². The second kappa shape index (κ2) is 9.57. The van der Waals surface area contributed by atoms with Gasteiger partial charge in [-0.2, -0.15) is 13.2 Å². The molecule has 0 saturated carbocycles. The molecule has 1 amide bonds. The molecule has 2 aliphatic rings. The molecule has 0 aliphatic carbocycles. The Morgan fingerprint density at radius 1 is 1.21 bits per heavy atom. The molecule has 1 saturated heterocycles. The minimum atomic E-state index is -4.68. The van der Waals surface area contributed by atoms with Crippen molar-refractivity contribution in [1.82, 2.24) is 24.8 Å². The van der Waals surface area contributed by atoms with Crippen molar-refractivity contribution in [3.8, 4) is 11.3 Å². The van der Waals surface area contributed by atoms with E-state index in [1.165, 1.54) is 21.7 Å². The topological polar surface area (TPSA) is 108 Å². The Bertz CT molecular complexity index is 1420. The zero-order chi connectivity index (χ0) is 27.2. The van der Waals surface area contributed by atoms with E-state index in [1.807, 2.05) is 0 Å². The summed E-state index contributed by atoms with van der Waals surface area (Å²) < 4.78 is 43.5. The van der Waals surface area contributed by atoms with E-state index in [9.17, 15) is 22.8 Å². The molecule has 12 heteroatoms. The molecule has 38 heavy (non-hydrogen) atoms. The first-order valence-corrected chi connectivity index (χ1v) is 12.6. The smallest absolute Gasteiger partial charge is 0.356 e. The number of fused-ring (bicyclic) bond motifs is 1. The number of aromatic amines is 1. The van der Waals surface area contributed by atoms with Crippen molar-refractivity contribution in [3.63, 3.8) is 0 Å². The maximum absolute atomic E-state index is 14.0. The van der Waals surface area contributed by atoms with Gasteiger partial charge in [0, 0.05) is 61.9 Å². The number of halogens is 3. The molecule has 3 aromatic rings. The third kappa shape index (κ3) is 5.04. The number of rotatable bonds is 4. The standard InChI is InChI=1S/C26H30F3N7O2/c1-25(2)9-8-15(11-32-25)33-24-31-13-19(26(27,28)29)21(34-24)18-12-30-22-17(18)5-4-10-36(23(22)38)16-6-7-20(37)35(3)14-16/h6-7,12-15,30,32H,4-5,8-11H2,1-3H3,(H,31,33,34)/t15-/m0/s1. The predicted molar refractivity (Wildman–Crippen MR) is 137 cm³/mol. The van der Waals surface area contributed by atoms with Crippen LogP contribution in [0.3, 0.4) is 0 Å². The number of nitrogens with zero attached hydrogens (tertiary/aromatic N) is 4. The monoisotopic (exact) mass is 529 g/mol. The van der Waals surface area contributed by atoms with Gasteiger partial charge in [0.25, 0.3) is 5.91 Å². The molecule has 0 radical (unpaired) electrons. The van der Waals surface area contributed by atoms with E-state index in [0.717, 1.165) is 19.0 Å². The summed E-state index contributed by atoms with van der Waals surface area (Å²) in [5.74, 6) is -0.263. The number of aromatic nitrogens is 4. The van der Waals surface area contributed by atoms with E-state index in [0.29, 0.717) is 37.2 Å². The highest BCUT2D eigenvalue weighted by Crippen LogP contribution is 2.39. The number of anilines is 2. The van der Waals surface area contributed by atoms with Gasteiger partial charge in [0.1, 0.15) is 11.3 Å². The Labute approximate surface area is 217 Å². The van der Waals surface area contributed by atoms with Crippen molar-refractivity contribution in [2.24, 2.45) is 7.05 Å². The Morgan fingerprint density at radius 3 is 2.68 bits per heavy atom. The Balaban J connectivity index is 1.50. The highest BCUT2D eigenvalue weighted by molar-refractivity contribution is 6.07. The maximum Gasteiger partial charge on any atom is 0.419 e. The third-order valence-electron chi connectivity index (χ3n) is 7.26. The van der Waals surface area contributed by atoms with Gasteiger partial charge in [-0.15, -0.1) is 0 Å². The Morgan fingerprint density at radius 2 is 2.00 bits per heavy atom. The number of carbonyl (C=O) groups is 1. The molecule has 2 aliphatic heterocycles. The summed E-state index contributed by atoms with van der Waals surface area (Å²) in [5, 5.41) is 6.59. The van der Waals surface area contributed by atoms with E-state index in [4.69, 9.17) is 0 Å². The van der Waals surface area contributed by atoms with Crippen molar-refractivity contribution >= 4 is 17.5 Å². The quantitative estimate of drug-likeness (QED) is 0.476. The van der Waals surface area contributed by atoms with Crippen LogP contribution in [0.2, 0.25) is 0 Å². The molecule has 3 aromatic heterocycles. The van der Waals surface area contributed by atoms with Crippen molar-refractivity contribution in [2.45, 2.75) is 57.3 Å². The molecular formula is C26H30F3N7O2. The van der Waals surface area contributed by atoms with Gasteiger partial charge in [-0.25, -0.2) is 9.97 Å². The molecule has 1 atom stereocenters. The number of carbonyl (C=O) groups excluding carboxylic acids is 1. The minimum absolute atomic E-state index is 0.00185. The first-order valence-electron chi connectivity index (χ1n) is 12.6. The molecule has 0 aromatic carbocycles. The summed E-state index contributed by atoms with van der Waals surface area (Å²) in [7, 11) is 1.59. The van der Waals surface area contributed by atoms with Crippen LogP contribution in [0, 0.1) is 0 Å². The molecule has 0 spiro atoms. The molecule has 5 heterocycles. The summed E-state index contributed by atoms with van der Waals surface area (Å²) in [6.07, 6.45) is 1.75. The van der Waals surface area contributed by atoms with Crippen LogP contribution in [0.25, 0.3) is 11.3 Å². The number of nitrogens with one attached hydrogen (secondary N) is 3. The first kappa shape index (κ1) is 26.0. The summed E-state index contributed by atoms with van der Waals surface area (Å²) in [6.45, 7) is 5.21. The molecule has 1 fully saturated rings. The van der Waals surface area contributed by atoms with Crippen LogP contribution in [0.15, 0.2) is 35.5 Å². The van der Waals surface area contributed by atoms with Crippen LogP contribution in [0.1, 0.15) is 54.7 Å². The van der Waals surface area contributed by atoms with Gasteiger partial charge in [-0.1, -0.05) is 0 Å². The van der Waals surface area contributed by atoms with Gasteiger partial charge in [0.2, 0.25) is 11.5 Å². The van der Waals surface area contributed by atoms with Crippen LogP contribution < -0.4 is 21.1 Å². The van der Waals surface area contributed by atoms with Gasteiger partial charge in [0.15, 0.2) is 0 Å². The summed E-state index contributed by atoms with van der Waals surface area (Å²) in [6, 6.07) is 2.93. The number of piperidine rings is 1. The van der Waals surface area contributed by atoms with Gasteiger partial charge < -0.3 is 25.1 Å². The largest absolute Gasteiger partial charge is 0.419 e. The lowest BCUT2D eigenvalue weighted by Crippen LogP contribution is -2.50. The molecule has 0 bridgehead atoms. The number of aryl methyl sites for hydroxylation is 1. The summed E-state index contributed by atoms with van der Waals surface area (Å²) in [4.78, 5) is 38.0. The van der Waals surface area contributed by atoms with E-state index >= 15 is 0 Å². The first-order chi connectivity index (χ1) is 17.9.